The zero-order valence-corrected chi connectivity index (χ0v) is 15.7. The van der Waals surface area contributed by atoms with E-state index in [1.54, 1.807) is 31.6 Å². The molecule has 3 aromatic rings. The van der Waals surface area contributed by atoms with Crippen LogP contribution in [0.25, 0.3) is 0 Å². The number of nitrogens with zero attached hydrogens (tertiary/aromatic N) is 6. The Bertz CT molecular complexity index is 958. The smallest absolute Gasteiger partial charge is 0.222 e. The topological polar surface area (TPSA) is 112 Å². The number of pyridine rings is 1. The number of rotatable bonds is 6. The van der Waals surface area contributed by atoms with E-state index in [0.717, 1.165) is 36.6 Å². The zero-order valence-electron chi connectivity index (χ0n) is 15.7. The van der Waals surface area contributed by atoms with Crippen LogP contribution in [0.5, 0.6) is 5.75 Å². The van der Waals surface area contributed by atoms with Crippen molar-refractivity contribution in [2.45, 2.75) is 39.7 Å². The van der Waals surface area contributed by atoms with Gasteiger partial charge in [-0.1, -0.05) is 0 Å². The first kappa shape index (κ1) is 18.3. The summed E-state index contributed by atoms with van der Waals surface area (Å²) < 4.78 is 2.02. The van der Waals surface area contributed by atoms with Gasteiger partial charge in [-0.25, -0.2) is 9.97 Å². The Morgan fingerprint density at radius 3 is 2.79 bits per heavy atom. The molecule has 28 heavy (non-hydrogen) atoms. The minimum atomic E-state index is -0.140. The number of aromatic nitrogens is 5. The molecular formula is C19H23N7O2. The van der Waals surface area contributed by atoms with Crippen LogP contribution in [-0.4, -0.2) is 46.4 Å². The normalized spacial score (nSPS) is 14.1. The van der Waals surface area contributed by atoms with Gasteiger partial charge in [-0.3, -0.25) is 14.6 Å². The number of fused-ring (bicyclic) bond motifs is 1. The summed E-state index contributed by atoms with van der Waals surface area (Å²) in [6.07, 6.45) is 5.03. The van der Waals surface area contributed by atoms with E-state index in [9.17, 15) is 10.2 Å². The summed E-state index contributed by atoms with van der Waals surface area (Å²) >= 11 is 0. The minimum Gasteiger partial charge on any atom is -0.506 e. The fourth-order valence-corrected chi connectivity index (χ4v) is 3.38. The van der Waals surface area contributed by atoms with Gasteiger partial charge >= 0.3 is 0 Å². The van der Waals surface area contributed by atoms with E-state index in [0.29, 0.717) is 30.3 Å². The van der Waals surface area contributed by atoms with Crippen LogP contribution in [0.15, 0.2) is 30.7 Å². The Kier molecular flexibility index (Phi) is 5.18. The standard InChI is InChI=1S/C19H23N7O2/c1-13-18(28)17(14(12-27)8-22-13)11-25-5-6-26-16(10-25)7-15(24-26)9-23-19-20-3-2-4-21-19/h2-4,7-8,27-28H,5-6,9-12H2,1H3,(H,20,21,23). The van der Waals surface area contributed by atoms with Gasteiger partial charge in [-0.15, -0.1) is 0 Å². The third kappa shape index (κ3) is 3.80. The summed E-state index contributed by atoms with van der Waals surface area (Å²) in [5, 5.41) is 27.8. The van der Waals surface area contributed by atoms with E-state index in [-0.39, 0.29) is 12.4 Å². The third-order valence-corrected chi connectivity index (χ3v) is 4.90. The molecular weight excluding hydrogens is 358 g/mol. The number of hydrogen-bond donors (Lipinski definition) is 3. The molecule has 0 amide bonds. The Balaban J connectivity index is 1.44. The maximum Gasteiger partial charge on any atom is 0.222 e. The van der Waals surface area contributed by atoms with Crippen LogP contribution >= 0.6 is 0 Å². The Labute approximate surface area is 162 Å². The van der Waals surface area contributed by atoms with E-state index in [4.69, 9.17) is 0 Å². The van der Waals surface area contributed by atoms with Crippen molar-refractivity contribution in [1.29, 1.82) is 0 Å². The van der Waals surface area contributed by atoms with E-state index >= 15 is 0 Å². The number of aliphatic hydroxyl groups is 1. The number of nitrogens with one attached hydrogen (secondary N) is 1. The van der Waals surface area contributed by atoms with Crippen molar-refractivity contribution in [2.24, 2.45) is 0 Å². The van der Waals surface area contributed by atoms with Gasteiger partial charge in [0.2, 0.25) is 5.95 Å². The maximum atomic E-state index is 10.4. The van der Waals surface area contributed by atoms with Crippen LogP contribution in [0.2, 0.25) is 0 Å². The van der Waals surface area contributed by atoms with Gasteiger partial charge in [0, 0.05) is 49.4 Å². The van der Waals surface area contributed by atoms with E-state index in [2.05, 4.69) is 36.3 Å². The lowest BCUT2D eigenvalue weighted by atomic mass is 10.1. The lowest BCUT2D eigenvalue weighted by molar-refractivity contribution is 0.199. The second kappa shape index (κ2) is 7.91. The molecule has 146 valence electrons. The first-order valence-corrected chi connectivity index (χ1v) is 9.20. The highest BCUT2D eigenvalue weighted by atomic mass is 16.3. The highest BCUT2D eigenvalue weighted by Gasteiger charge is 2.21. The molecule has 1 aliphatic rings. The predicted octanol–water partition coefficient (Wildman–Crippen LogP) is 1.20. The van der Waals surface area contributed by atoms with Crippen molar-refractivity contribution in [3.8, 4) is 5.75 Å². The van der Waals surface area contributed by atoms with E-state index < -0.39 is 0 Å². The monoisotopic (exact) mass is 381 g/mol. The second-order valence-corrected chi connectivity index (χ2v) is 6.84. The maximum absolute atomic E-state index is 10.4. The molecule has 0 saturated carbocycles. The first-order valence-electron chi connectivity index (χ1n) is 9.20. The van der Waals surface area contributed by atoms with E-state index in [1.165, 1.54) is 0 Å². The second-order valence-electron chi connectivity index (χ2n) is 6.84. The predicted molar refractivity (Wildman–Crippen MR) is 102 cm³/mol. The van der Waals surface area contributed by atoms with Crippen molar-refractivity contribution in [2.75, 3.05) is 11.9 Å². The molecule has 3 aromatic heterocycles. The third-order valence-electron chi connectivity index (χ3n) is 4.90. The minimum absolute atomic E-state index is 0.140. The molecule has 0 unspecified atom stereocenters. The number of aromatic hydroxyl groups is 1. The van der Waals surface area contributed by atoms with Crippen LogP contribution in [0.4, 0.5) is 5.95 Å². The summed E-state index contributed by atoms with van der Waals surface area (Å²) in [6.45, 7) is 5.05. The Morgan fingerprint density at radius 2 is 2.00 bits per heavy atom. The number of aliphatic hydroxyl groups excluding tert-OH is 1. The average molecular weight is 381 g/mol. The molecule has 4 rings (SSSR count). The summed E-state index contributed by atoms with van der Waals surface area (Å²) in [5.41, 5.74) is 4.03. The van der Waals surface area contributed by atoms with Crippen molar-refractivity contribution in [3.05, 3.63) is 58.9 Å². The first-order chi connectivity index (χ1) is 13.6. The molecule has 9 nitrogen and oxygen atoms in total. The molecule has 0 bridgehead atoms. The molecule has 0 radical (unpaired) electrons. The molecule has 4 heterocycles. The molecule has 0 atom stereocenters. The summed E-state index contributed by atoms with van der Waals surface area (Å²) in [4.78, 5) is 14.7. The summed E-state index contributed by atoms with van der Waals surface area (Å²) in [5.74, 6) is 0.744. The highest BCUT2D eigenvalue weighted by Crippen LogP contribution is 2.27. The molecule has 3 N–H and O–H groups in total. The fourth-order valence-electron chi connectivity index (χ4n) is 3.38. The number of aryl methyl sites for hydroxylation is 1. The SMILES string of the molecule is Cc1ncc(CO)c(CN2CCn3nc(CNc4ncccn4)cc3C2)c1O. The Hall–Kier alpha value is -3.04. The van der Waals surface area contributed by atoms with Crippen molar-refractivity contribution < 1.29 is 10.2 Å². The van der Waals surface area contributed by atoms with Crippen molar-refractivity contribution in [3.63, 3.8) is 0 Å². The van der Waals surface area contributed by atoms with Gasteiger partial charge in [0.1, 0.15) is 5.75 Å². The highest BCUT2D eigenvalue weighted by molar-refractivity contribution is 5.40. The summed E-state index contributed by atoms with van der Waals surface area (Å²) in [7, 11) is 0. The molecule has 0 fully saturated rings. The number of hydrogen-bond acceptors (Lipinski definition) is 8. The van der Waals surface area contributed by atoms with Crippen molar-refractivity contribution in [1.82, 2.24) is 29.6 Å². The lowest BCUT2D eigenvalue weighted by Gasteiger charge is -2.28. The van der Waals surface area contributed by atoms with Crippen LogP contribution in [-0.2, 0) is 32.8 Å². The van der Waals surface area contributed by atoms with Gasteiger partial charge in [-0.2, -0.15) is 5.10 Å². The molecule has 0 saturated heterocycles. The van der Waals surface area contributed by atoms with Gasteiger partial charge in [-0.05, 0) is 19.1 Å². The Morgan fingerprint density at radius 1 is 1.18 bits per heavy atom. The van der Waals surface area contributed by atoms with Gasteiger partial charge < -0.3 is 15.5 Å². The van der Waals surface area contributed by atoms with Crippen LogP contribution in [0, 0.1) is 6.92 Å². The van der Waals surface area contributed by atoms with Crippen molar-refractivity contribution >= 4 is 5.95 Å². The number of anilines is 1. The molecule has 0 aromatic carbocycles. The van der Waals surface area contributed by atoms with E-state index in [1.807, 2.05) is 4.68 Å². The zero-order chi connectivity index (χ0) is 19.5. The quantitative estimate of drug-likeness (QED) is 0.584. The van der Waals surface area contributed by atoms with Gasteiger partial charge in [0.25, 0.3) is 0 Å². The molecule has 1 aliphatic heterocycles. The van der Waals surface area contributed by atoms with Crippen LogP contribution < -0.4 is 5.32 Å². The largest absolute Gasteiger partial charge is 0.506 e. The summed E-state index contributed by atoms with van der Waals surface area (Å²) in [6, 6.07) is 3.85. The van der Waals surface area contributed by atoms with Crippen LogP contribution in [0.3, 0.4) is 0 Å². The van der Waals surface area contributed by atoms with Gasteiger partial charge in [0.05, 0.1) is 36.8 Å². The molecule has 0 spiro atoms. The fraction of sp³-hybridized carbons (Fsp3) is 0.368. The molecule has 0 aliphatic carbocycles. The average Bonchev–Trinajstić information content (AvgIpc) is 3.13. The molecule has 9 heteroatoms. The lowest BCUT2D eigenvalue weighted by Crippen LogP contribution is -2.33. The van der Waals surface area contributed by atoms with Gasteiger partial charge in [0.15, 0.2) is 0 Å². The van der Waals surface area contributed by atoms with Crippen LogP contribution in [0.1, 0.15) is 28.2 Å².